The molecule has 104 valence electrons. The first kappa shape index (κ1) is 14.8. The van der Waals surface area contributed by atoms with E-state index in [0.717, 1.165) is 24.4 Å². The zero-order chi connectivity index (χ0) is 13.5. The van der Waals surface area contributed by atoms with E-state index in [0.29, 0.717) is 25.3 Å². The summed E-state index contributed by atoms with van der Waals surface area (Å²) in [6, 6.07) is 0. The number of nitrogens with zero attached hydrogens (tertiary/aromatic N) is 2. The summed E-state index contributed by atoms with van der Waals surface area (Å²) in [6.07, 6.45) is 2.06. The summed E-state index contributed by atoms with van der Waals surface area (Å²) in [5.74, 6) is 0.822. The highest BCUT2D eigenvalue weighted by Gasteiger charge is 2.12. The Morgan fingerprint density at radius 1 is 1.56 bits per heavy atom. The number of nitrogens with two attached hydrogens (primary N) is 1. The number of aliphatic hydroxyl groups excluding tert-OH is 1. The van der Waals surface area contributed by atoms with E-state index in [1.165, 1.54) is 0 Å². The molecule has 0 aliphatic heterocycles. The minimum absolute atomic E-state index is 0.351. The van der Waals surface area contributed by atoms with Gasteiger partial charge >= 0.3 is 0 Å². The third-order valence-corrected chi connectivity index (χ3v) is 2.78. The van der Waals surface area contributed by atoms with Crippen LogP contribution in [0.15, 0.2) is 0 Å². The lowest BCUT2D eigenvalue weighted by Crippen LogP contribution is -2.19. The van der Waals surface area contributed by atoms with Crippen molar-refractivity contribution in [2.45, 2.75) is 32.3 Å². The van der Waals surface area contributed by atoms with E-state index in [1.54, 1.807) is 11.8 Å². The fraction of sp³-hybridized carbons (Fsp3) is 0.750. The number of hydrogen-bond donors (Lipinski definition) is 3. The smallest absolute Gasteiger partial charge is 0.147 e. The molecule has 0 spiro atoms. The van der Waals surface area contributed by atoms with E-state index in [2.05, 4.69) is 17.3 Å². The van der Waals surface area contributed by atoms with Crippen molar-refractivity contribution in [1.29, 1.82) is 0 Å². The van der Waals surface area contributed by atoms with E-state index < -0.39 is 6.10 Å². The van der Waals surface area contributed by atoms with Crippen LogP contribution in [0.2, 0.25) is 0 Å². The number of aryl methyl sites for hydroxylation is 2. The van der Waals surface area contributed by atoms with Gasteiger partial charge in [0.05, 0.1) is 24.1 Å². The van der Waals surface area contributed by atoms with E-state index in [4.69, 9.17) is 10.5 Å². The number of aliphatic hydroxyl groups is 1. The molecule has 1 atom stereocenters. The second-order valence-electron chi connectivity index (χ2n) is 4.41. The van der Waals surface area contributed by atoms with Crippen molar-refractivity contribution in [3.8, 4) is 0 Å². The minimum Gasteiger partial charge on any atom is -0.394 e. The van der Waals surface area contributed by atoms with Crippen LogP contribution >= 0.6 is 0 Å². The Hall–Kier alpha value is -1.27. The van der Waals surface area contributed by atoms with Gasteiger partial charge in [0.1, 0.15) is 5.82 Å². The van der Waals surface area contributed by atoms with Gasteiger partial charge in [-0.25, -0.2) is 0 Å². The molecule has 0 saturated heterocycles. The third-order valence-electron chi connectivity index (χ3n) is 2.78. The highest BCUT2D eigenvalue weighted by molar-refractivity contribution is 5.64. The van der Waals surface area contributed by atoms with E-state index in [9.17, 15) is 5.11 Å². The Bertz CT molecular complexity index is 365. The lowest BCUT2D eigenvalue weighted by atomic mass is 10.2. The van der Waals surface area contributed by atoms with Gasteiger partial charge in [0.15, 0.2) is 0 Å². The molecule has 0 aromatic carbocycles. The van der Waals surface area contributed by atoms with Crippen molar-refractivity contribution >= 4 is 11.5 Å². The summed E-state index contributed by atoms with van der Waals surface area (Å²) >= 11 is 0. The van der Waals surface area contributed by atoms with Crippen molar-refractivity contribution in [1.82, 2.24) is 9.78 Å². The van der Waals surface area contributed by atoms with Gasteiger partial charge < -0.3 is 20.9 Å². The summed E-state index contributed by atoms with van der Waals surface area (Å²) in [5, 5.41) is 17.1. The van der Waals surface area contributed by atoms with Crippen molar-refractivity contribution in [3.63, 3.8) is 0 Å². The van der Waals surface area contributed by atoms with Crippen molar-refractivity contribution in [2.24, 2.45) is 7.05 Å². The molecule has 0 fully saturated rings. The number of rotatable bonds is 8. The summed E-state index contributed by atoms with van der Waals surface area (Å²) in [5.41, 5.74) is 7.67. The molecular weight excluding hydrogens is 232 g/mol. The molecule has 0 aliphatic carbocycles. The fourth-order valence-electron chi connectivity index (χ4n) is 1.86. The second-order valence-corrected chi connectivity index (χ2v) is 4.41. The second kappa shape index (κ2) is 7.23. The molecular formula is C12H24N4O2. The van der Waals surface area contributed by atoms with Crippen molar-refractivity contribution in [3.05, 3.63) is 5.69 Å². The van der Waals surface area contributed by atoms with Crippen LogP contribution in [0.1, 0.15) is 25.5 Å². The third kappa shape index (κ3) is 3.89. The Balaban J connectivity index is 2.51. The standard InChI is InChI=1S/C12H24N4O2/c1-4-5-10-11(13)12(16(2)15-10)14-7-6-9(17)8-18-3/h9,14,17H,4-8,13H2,1-3H3. The van der Waals surface area contributed by atoms with E-state index >= 15 is 0 Å². The van der Waals surface area contributed by atoms with Crippen LogP contribution < -0.4 is 11.1 Å². The highest BCUT2D eigenvalue weighted by atomic mass is 16.5. The highest BCUT2D eigenvalue weighted by Crippen LogP contribution is 2.22. The lowest BCUT2D eigenvalue weighted by molar-refractivity contribution is 0.0615. The zero-order valence-electron chi connectivity index (χ0n) is 11.4. The molecule has 1 aromatic rings. The van der Waals surface area contributed by atoms with Crippen LogP contribution in [0.25, 0.3) is 0 Å². The molecule has 0 amide bonds. The van der Waals surface area contributed by atoms with Gasteiger partial charge in [-0.15, -0.1) is 0 Å². The Labute approximate surface area is 108 Å². The average molecular weight is 256 g/mol. The molecule has 0 bridgehead atoms. The summed E-state index contributed by atoms with van der Waals surface area (Å²) in [7, 11) is 3.44. The number of methoxy groups -OCH3 is 1. The molecule has 6 heteroatoms. The molecule has 1 unspecified atom stereocenters. The topological polar surface area (TPSA) is 85.3 Å². The van der Waals surface area contributed by atoms with Crippen LogP contribution in [0, 0.1) is 0 Å². The molecule has 6 nitrogen and oxygen atoms in total. The molecule has 4 N–H and O–H groups in total. The van der Waals surface area contributed by atoms with Crippen LogP contribution in [0.3, 0.4) is 0 Å². The summed E-state index contributed by atoms with van der Waals surface area (Å²) in [6.45, 7) is 3.09. The first-order valence-corrected chi connectivity index (χ1v) is 6.32. The van der Waals surface area contributed by atoms with Gasteiger partial charge in [-0.1, -0.05) is 13.3 Å². The quantitative estimate of drug-likeness (QED) is 0.639. The lowest BCUT2D eigenvalue weighted by Gasteiger charge is -2.11. The molecule has 18 heavy (non-hydrogen) atoms. The maximum Gasteiger partial charge on any atom is 0.147 e. The van der Waals surface area contributed by atoms with Crippen LogP contribution in [-0.2, 0) is 18.2 Å². The maximum absolute atomic E-state index is 9.54. The number of anilines is 2. The zero-order valence-corrected chi connectivity index (χ0v) is 11.4. The van der Waals surface area contributed by atoms with Crippen molar-refractivity contribution < 1.29 is 9.84 Å². The van der Waals surface area contributed by atoms with Crippen LogP contribution in [-0.4, -0.2) is 41.3 Å². The Morgan fingerprint density at radius 3 is 2.89 bits per heavy atom. The molecule has 1 aromatic heterocycles. The fourth-order valence-corrected chi connectivity index (χ4v) is 1.86. The molecule has 0 aliphatic rings. The summed E-state index contributed by atoms with van der Waals surface area (Å²) < 4.78 is 6.62. The molecule has 1 heterocycles. The number of aromatic nitrogens is 2. The number of ether oxygens (including phenoxy) is 1. The van der Waals surface area contributed by atoms with Gasteiger partial charge in [-0.2, -0.15) is 5.10 Å². The van der Waals surface area contributed by atoms with Gasteiger partial charge in [-0.05, 0) is 12.8 Å². The number of nitrogens with one attached hydrogen (secondary N) is 1. The Morgan fingerprint density at radius 2 is 2.28 bits per heavy atom. The monoisotopic (exact) mass is 256 g/mol. The minimum atomic E-state index is -0.452. The predicted octanol–water partition coefficient (Wildman–Crippen LogP) is 0.764. The largest absolute Gasteiger partial charge is 0.394 e. The van der Waals surface area contributed by atoms with Crippen LogP contribution in [0.4, 0.5) is 11.5 Å². The first-order valence-electron chi connectivity index (χ1n) is 6.32. The van der Waals surface area contributed by atoms with Crippen molar-refractivity contribution in [2.75, 3.05) is 31.3 Å². The van der Waals surface area contributed by atoms with Gasteiger partial charge in [-0.3, -0.25) is 4.68 Å². The number of nitrogen functional groups attached to an aromatic ring is 1. The molecule has 0 radical (unpaired) electrons. The molecule has 1 rings (SSSR count). The normalized spacial score (nSPS) is 12.7. The molecule has 0 saturated carbocycles. The SMILES string of the molecule is CCCc1nn(C)c(NCCC(O)COC)c1N. The average Bonchev–Trinajstić information content (AvgIpc) is 2.57. The van der Waals surface area contributed by atoms with Gasteiger partial charge in [0, 0.05) is 20.7 Å². The Kier molecular flexibility index (Phi) is 5.94. The number of hydrogen-bond acceptors (Lipinski definition) is 5. The van der Waals surface area contributed by atoms with E-state index in [-0.39, 0.29) is 0 Å². The van der Waals surface area contributed by atoms with Crippen LogP contribution in [0.5, 0.6) is 0 Å². The first-order chi connectivity index (χ1) is 8.60. The summed E-state index contributed by atoms with van der Waals surface area (Å²) in [4.78, 5) is 0. The predicted molar refractivity (Wildman–Crippen MR) is 72.6 cm³/mol. The van der Waals surface area contributed by atoms with Gasteiger partial charge in [0.2, 0.25) is 0 Å². The maximum atomic E-state index is 9.54. The van der Waals surface area contributed by atoms with Gasteiger partial charge in [0.25, 0.3) is 0 Å². The van der Waals surface area contributed by atoms with E-state index in [1.807, 2.05) is 7.05 Å².